The Balaban J connectivity index is 1.17. The first-order valence-corrected chi connectivity index (χ1v) is 20.2. The van der Waals surface area contributed by atoms with Crippen molar-refractivity contribution in [1.82, 2.24) is 4.57 Å². The fourth-order valence-electron chi connectivity index (χ4n) is 9.38. The quantitative estimate of drug-likeness (QED) is 0.169. The monoisotopic (exact) mass is 752 g/mol. The average Bonchev–Trinajstić information content (AvgIpc) is 3.86. The highest BCUT2D eigenvalue weighted by atomic mass is 16.3. The minimum atomic E-state index is 0.871. The lowest BCUT2D eigenvalue weighted by Gasteiger charge is -2.28. The van der Waals surface area contributed by atoms with E-state index in [0.29, 0.717) is 0 Å². The van der Waals surface area contributed by atoms with Crippen molar-refractivity contribution in [3.05, 3.63) is 218 Å². The highest BCUT2D eigenvalue weighted by Gasteiger charge is 2.24. The molecule has 0 saturated carbocycles. The van der Waals surface area contributed by atoms with E-state index < -0.39 is 0 Å². The minimum absolute atomic E-state index is 0.871. The van der Waals surface area contributed by atoms with Gasteiger partial charge in [-0.3, -0.25) is 0 Å². The lowest BCUT2D eigenvalue weighted by atomic mass is 9.91. The van der Waals surface area contributed by atoms with Gasteiger partial charge in [0, 0.05) is 38.6 Å². The summed E-state index contributed by atoms with van der Waals surface area (Å²) in [7, 11) is 0. The molecule has 10 aromatic carbocycles. The zero-order valence-corrected chi connectivity index (χ0v) is 32.1. The number of anilines is 3. The van der Waals surface area contributed by atoms with Crippen molar-refractivity contribution in [3.8, 4) is 27.9 Å². The number of hydrogen-bond acceptors (Lipinski definition) is 2. The zero-order chi connectivity index (χ0) is 38.9. The fraction of sp³-hybridized carbons (Fsp3) is 0. The van der Waals surface area contributed by atoms with Gasteiger partial charge in [-0.25, -0.2) is 0 Å². The molecule has 0 spiro atoms. The number of aromatic nitrogens is 1. The molecule has 0 saturated heterocycles. The molecule has 0 fully saturated rings. The van der Waals surface area contributed by atoms with Crippen molar-refractivity contribution in [2.45, 2.75) is 0 Å². The van der Waals surface area contributed by atoms with Crippen molar-refractivity contribution in [2.24, 2.45) is 0 Å². The summed E-state index contributed by atoms with van der Waals surface area (Å²) in [6.45, 7) is 0. The molecule has 0 atom stereocenters. The molecule has 12 aromatic rings. The molecule has 0 N–H and O–H groups in total. The molecule has 0 aliphatic carbocycles. The lowest BCUT2D eigenvalue weighted by Crippen LogP contribution is -2.12. The number of nitrogens with zero attached hydrogens (tertiary/aromatic N) is 2. The van der Waals surface area contributed by atoms with Crippen LogP contribution in [0.3, 0.4) is 0 Å². The molecule has 2 aromatic heterocycles. The molecule has 0 aliphatic heterocycles. The first-order chi connectivity index (χ1) is 29.3. The molecule has 12 rings (SSSR count). The molecule has 59 heavy (non-hydrogen) atoms. The van der Waals surface area contributed by atoms with Crippen LogP contribution in [0.4, 0.5) is 17.1 Å². The first kappa shape index (κ1) is 33.3. The summed E-state index contributed by atoms with van der Waals surface area (Å²) in [6, 6.07) is 78.8. The maximum Gasteiger partial charge on any atom is 0.135 e. The van der Waals surface area contributed by atoms with Crippen LogP contribution in [0.25, 0.3) is 93.2 Å². The van der Waals surface area contributed by atoms with E-state index in [1.54, 1.807) is 0 Å². The van der Waals surface area contributed by atoms with Crippen LogP contribution < -0.4 is 4.90 Å². The molecule has 3 heteroatoms. The standard InChI is InChI=1S/C56H36N2O/c1-3-15-37(16-4-1)44-26-12-18-39-19-13-27-46(54(39)44)40-20-11-23-42(35-40)57(43-32-34-53-49(36-43)47-25-9-10-30-52(47)59-53)51-29-14-28-48-55-45-24-8-7-17-38(45)31-33-50(55)58(56(48)51)41-21-5-2-6-22-41/h1-36H. The van der Waals surface area contributed by atoms with E-state index in [-0.39, 0.29) is 0 Å². The Bertz CT molecular complexity index is 3560. The van der Waals surface area contributed by atoms with Crippen LogP contribution >= 0.6 is 0 Å². The molecule has 2 heterocycles. The summed E-state index contributed by atoms with van der Waals surface area (Å²) < 4.78 is 8.82. The molecular formula is C56H36N2O. The summed E-state index contributed by atoms with van der Waals surface area (Å²) in [5.41, 5.74) is 13.2. The van der Waals surface area contributed by atoms with Gasteiger partial charge in [-0.2, -0.15) is 0 Å². The highest BCUT2D eigenvalue weighted by molar-refractivity contribution is 6.24. The molecule has 0 bridgehead atoms. The topological polar surface area (TPSA) is 21.3 Å². The van der Waals surface area contributed by atoms with Gasteiger partial charge in [0.2, 0.25) is 0 Å². The third-order valence-corrected chi connectivity index (χ3v) is 11.9. The number of rotatable bonds is 6. The van der Waals surface area contributed by atoms with E-state index >= 15 is 0 Å². The Morgan fingerprint density at radius 1 is 0.373 bits per heavy atom. The second-order valence-corrected chi connectivity index (χ2v) is 15.3. The van der Waals surface area contributed by atoms with Gasteiger partial charge in [0.05, 0.1) is 16.7 Å². The minimum Gasteiger partial charge on any atom is -0.456 e. The second-order valence-electron chi connectivity index (χ2n) is 15.3. The van der Waals surface area contributed by atoms with Crippen LogP contribution in [-0.4, -0.2) is 4.57 Å². The number of furan rings is 1. The Morgan fingerprint density at radius 2 is 1.00 bits per heavy atom. The van der Waals surface area contributed by atoms with Gasteiger partial charge in [-0.15, -0.1) is 0 Å². The van der Waals surface area contributed by atoms with Crippen LogP contribution in [0.2, 0.25) is 0 Å². The van der Waals surface area contributed by atoms with E-state index in [1.165, 1.54) is 54.5 Å². The second kappa shape index (κ2) is 13.4. The van der Waals surface area contributed by atoms with Crippen LogP contribution in [0, 0.1) is 0 Å². The van der Waals surface area contributed by atoms with Crippen LogP contribution in [0.15, 0.2) is 223 Å². The Kier molecular flexibility index (Phi) is 7.54. The van der Waals surface area contributed by atoms with Gasteiger partial charge in [-0.1, -0.05) is 158 Å². The van der Waals surface area contributed by atoms with Crippen LogP contribution in [0.5, 0.6) is 0 Å². The third-order valence-electron chi connectivity index (χ3n) is 11.9. The predicted octanol–water partition coefficient (Wildman–Crippen LogP) is 15.8. The summed E-state index contributed by atoms with van der Waals surface area (Å²) in [4.78, 5) is 2.44. The largest absolute Gasteiger partial charge is 0.456 e. The molecule has 0 amide bonds. The summed E-state index contributed by atoms with van der Waals surface area (Å²) >= 11 is 0. The summed E-state index contributed by atoms with van der Waals surface area (Å²) in [5.74, 6) is 0. The van der Waals surface area contributed by atoms with Gasteiger partial charge in [-0.05, 0) is 104 Å². The van der Waals surface area contributed by atoms with Gasteiger partial charge < -0.3 is 13.9 Å². The highest BCUT2D eigenvalue weighted by Crippen LogP contribution is 2.47. The van der Waals surface area contributed by atoms with E-state index in [0.717, 1.165) is 55.8 Å². The number of hydrogen-bond donors (Lipinski definition) is 0. The molecule has 0 radical (unpaired) electrons. The van der Waals surface area contributed by atoms with Crippen molar-refractivity contribution < 1.29 is 4.42 Å². The molecule has 0 aliphatic rings. The van der Waals surface area contributed by atoms with E-state index in [4.69, 9.17) is 4.42 Å². The van der Waals surface area contributed by atoms with Gasteiger partial charge >= 0.3 is 0 Å². The third kappa shape index (κ3) is 5.29. The first-order valence-electron chi connectivity index (χ1n) is 20.2. The van der Waals surface area contributed by atoms with Crippen molar-refractivity contribution >= 4 is 82.4 Å². The van der Waals surface area contributed by atoms with Crippen molar-refractivity contribution in [2.75, 3.05) is 4.90 Å². The number of para-hydroxylation sites is 3. The van der Waals surface area contributed by atoms with E-state index in [1.807, 2.05) is 12.1 Å². The SMILES string of the molecule is c1ccc(-c2cccc3cccc(-c4cccc(N(c5ccc6oc7ccccc7c6c5)c5cccc6c7c8ccccc8ccc7n(-c7ccccc7)c56)c4)c23)cc1. The maximum atomic E-state index is 6.37. The number of benzene rings is 10. The van der Waals surface area contributed by atoms with Crippen LogP contribution in [0.1, 0.15) is 0 Å². The van der Waals surface area contributed by atoms with Crippen LogP contribution in [-0.2, 0) is 0 Å². The molecule has 276 valence electrons. The van der Waals surface area contributed by atoms with Gasteiger partial charge in [0.25, 0.3) is 0 Å². The van der Waals surface area contributed by atoms with E-state index in [2.05, 4.69) is 216 Å². The van der Waals surface area contributed by atoms with Gasteiger partial charge in [0.1, 0.15) is 11.2 Å². The smallest absolute Gasteiger partial charge is 0.135 e. The fourth-order valence-corrected chi connectivity index (χ4v) is 9.38. The molecule has 3 nitrogen and oxygen atoms in total. The van der Waals surface area contributed by atoms with E-state index in [9.17, 15) is 0 Å². The Hall–Kier alpha value is -7.88. The van der Waals surface area contributed by atoms with Gasteiger partial charge in [0.15, 0.2) is 0 Å². The lowest BCUT2D eigenvalue weighted by molar-refractivity contribution is 0.669. The van der Waals surface area contributed by atoms with Crippen molar-refractivity contribution in [3.63, 3.8) is 0 Å². The number of fused-ring (bicyclic) bond motifs is 9. The normalized spacial score (nSPS) is 11.7. The summed E-state index contributed by atoms with van der Waals surface area (Å²) in [6.07, 6.45) is 0. The average molecular weight is 753 g/mol. The molecule has 0 unspecified atom stereocenters. The molecular weight excluding hydrogens is 717 g/mol. The Labute approximate surface area is 341 Å². The summed E-state index contributed by atoms with van der Waals surface area (Å²) in [5, 5.41) is 9.57. The van der Waals surface area contributed by atoms with Crippen molar-refractivity contribution in [1.29, 1.82) is 0 Å². The zero-order valence-electron chi connectivity index (χ0n) is 32.1. The Morgan fingerprint density at radius 3 is 1.85 bits per heavy atom. The predicted molar refractivity (Wildman–Crippen MR) is 249 cm³/mol. The maximum absolute atomic E-state index is 6.37.